The van der Waals surface area contributed by atoms with Gasteiger partial charge in [0.1, 0.15) is 6.20 Å². The number of rotatable bonds is 6. The summed E-state index contributed by atoms with van der Waals surface area (Å²) < 4.78 is 0. The molecular formula is C9H17N7O2. The molecule has 100 valence electrons. The molecule has 0 aliphatic heterocycles. The number of anilines is 2. The minimum atomic E-state index is -0.512. The maximum absolute atomic E-state index is 10.9. The maximum atomic E-state index is 10.9. The van der Waals surface area contributed by atoms with E-state index >= 15 is 0 Å². The number of nitro groups is 1. The SMILES string of the molecule is CN(C)CCN(C)c1nc(NN)ncc1[N+](=O)[O-]. The summed E-state index contributed by atoms with van der Waals surface area (Å²) in [6, 6.07) is 0. The molecule has 0 bridgehead atoms. The highest BCUT2D eigenvalue weighted by atomic mass is 16.6. The Labute approximate surface area is 105 Å². The number of nitrogens with zero attached hydrogens (tertiary/aromatic N) is 5. The normalized spacial score (nSPS) is 10.5. The van der Waals surface area contributed by atoms with Gasteiger partial charge in [-0.15, -0.1) is 0 Å². The van der Waals surface area contributed by atoms with Crippen molar-refractivity contribution >= 4 is 17.5 Å². The third-order valence-electron chi connectivity index (χ3n) is 2.32. The molecule has 1 rings (SSSR count). The third kappa shape index (κ3) is 3.50. The molecule has 0 aliphatic rings. The van der Waals surface area contributed by atoms with Crippen LogP contribution >= 0.6 is 0 Å². The molecule has 1 aromatic rings. The van der Waals surface area contributed by atoms with Crippen LogP contribution in [0.4, 0.5) is 17.5 Å². The Hall–Kier alpha value is -2.00. The molecule has 0 unspecified atom stereocenters. The molecule has 0 spiro atoms. The van der Waals surface area contributed by atoms with Crippen LogP contribution in [0.1, 0.15) is 0 Å². The van der Waals surface area contributed by atoms with Crippen molar-refractivity contribution in [1.29, 1.82) is 0 Å². The Bertz CT molecular complexity index is 423. The van der Waals surface area contributed by atoms with Gasteiger partial charge in [-0.1, -0.05) is 0 Å². The zero-order valence-corrected chi connectivity index (χ0v) is 10.6. The predicted octanol–water partition coefficient (Wildman–Crippen LogP) is -0.332. The summed E-state index contributed by atoms with van der Waals surface area (Å²) in [7, 11) is 5.59. The van der Waals surface area contributed by atoms with Gasteiger partial charge in [0.25, 0.3) is 0 Å². The van der Waals surface area contributed by atoms with Crippen molar-refractivity contribution in [3.8, 4) is 0 Å². The van der Waals surface area contributed by atoms with Gasteiger partial charge in [0, 0.05) is 20.1 Å². The largest absolute Gasteiger partial charge is 0.353 e. The summed E-state index contributed by atoms with van der Waals surface area (Å²) in [5.41, 5.74) is 2.13. The van der Waals surface area contributed by atoms with Gasteiger partial charge >= 0.3 is 5.69 Å². The minimum absolute atomic E-state index is 0.143. The summed E-state index contributed by atoms with van der Waals surface area (Å²) in [5.74, 6) is 5.58. The molecule has 18 heavy (non-hydrogen) atoms. The molecule has 0 atom stereocenters. The summed E-state index contributed by atoms with van der Waals surface area (Å²) in [6.07, 6.45) is 1.14. The lowest BCUT2D eigenvalue weighted by Gasteiger charge is -2.20. The van der Waals surface area contributed by atoms with E-state index in [1.54, 1.807) is 11.9 Å². The predicted molar refractivity (Wildman–Crippen MR) is 68.3 cm³/mol. The molecular weight excluding hydrogens is 238 g/mol. The summed E-state index contributed by atoms with van der Waals surface area (Å²) in [5, 5.41) is 10.9. The van der Waals surface area contributed by atoms with Crippen LogP contribution in [0.2, 0.25) is 0 Å². The quantitative estimate of drug-likeness (QED) is 0.403. The smallest absolute Gasteiger partial charge is 0.329 e. The number of hydrogen-bond donors (Lipinski definition) is 2. The molecule has 0 radical (unpaired) electrons. The van der Waals surface area contributed by atoms with Crippen LogP contribution in [0.25, 0.3) is 0 Å². The highest BCUT2D eigenvalue weighted by Crippen LogP contribution is 2.24. The number of likely N-dealkylation sites (N-methyl/N-ethyl adjacent to an activating group) is 2. The summed E-state index contributed by atoms with van der Waals surface area (Å²) in [4.78, 5) is 21.8. The van der Waals surface area contributed by atoms with E-state index in [1.807, 2.05) is 19.0 Å². The Kier molecular flexibility index (Phi) is 4.75. The van der Waals surface area contributed by atoms with Crippen LogP contribution in [-0.2, 0) is 0 Å². The maximum Gasteiger partial charge on any atom is 0.329 e. The van der Waals surface area contributed by atoms with Crippen molar-refractivity contribution < 1.29 is 4.92 Å². The molecule has 0 saturated heterocycles. The minimum Gasteiger partial charge on any atom is -0.353 e. The molecule has 0 saturated carbocycles. The van der Waals surface area contributed by atoms with E-state index in [-0.39, 0.29) is 17.5 Å². The van der Waals surface area contributed by atoms with E-state index in [2.05, 4.69) is 15.4 Å². The number of hydrogen-bond acceptors (Lipinski definition) is 8. The Morgan fingerprint density at radius 2 is 2.11 bits per heavy atom. The molecule has 1 aromatic heterocycles. The van der Waals surface area contributed by atoms with Crippen LogP contribution in [0.15, 0.2) is 6.20 Å². The van der Waals surface area contributed by atoms with E-state index in [0.29, 0.717) is 6.54 Å². The van der Waals surface area contributed by atoms with Gasteiger partial charge in [0.15, 0.2) is 0 Å². The van der Waals surface area contributed by atoms with Crippen molar-refractivity contribution in [2.75, 3.05) is 44.6 Å². The number of aromatic nitrogens is 2. The molecule has 0 aromatic carbocycles. The fourth-order valence-electron chi connectivity index (χ4n) is 1.30. The second-order valence-electron chi connectivity index (χ2n) is 4.03. The number of nitrogens with one attached hydrogen (secondary N) is 1. The van der Waals surface area contributed by atoms with Crippen molar-refractivity contribution in [3.05, 3.63) is 16.3 Å². The van der Waals surface area contributed by atoms with Crippen molar-refractivity contribution in [2.24, 2.45) is 5.84 Å². The third-order valence-corrected chi connectivity index (χ3v) is 2.32. The average molecular weight is 255 g/mol. The van der Waals surface area contributed by atoms with Crippen LogP contribution in [0.5, 0.6) is 0 Å². The Balaban J connectivity index is 2.99. The zero-order chi connectivity index (χ0) is 13.7. The molecule has 0 amide bonds. The molecule has 0 aliphatic carbocycles. The second kappa shape index (κ2) is 6.07. The molecule has 3 N–H and O–H groups in total. The van der Waals surface area contributed by atoms with E-state index in [4.69, 9.17) is 5.84 Å². The lowest BCUT2D eigenvalue weighted by atomic mass is 10.4. The Morgan fingerprint density at radius 1 is 1.44 bits per heavy atom. The standard InChI is InChI=1S/C9H17N7O2/c1-14(2)4-5-15(3)8-7(16(17)18)6-11-9(12-8)13-10/h6H,4-5,10H2,1-3H3,(H,11,12,13). The first-order valence-corrected chi connectivity index (χ1v) is 5.29. The molecule has 9 heteroatoms. The summed E-state index contributed by atoms with van der Waals surface area (Å²) >= 11 is 0. The van der Waals surface area contributed by atoms with Crippen molar-refractivity contribution in [2.45, 2.75) is 0 Å². The van der Waals surface area contributed by atoms with Crippen LogP contribution in [0.3, 0.4) is 0 Å². The van der Waals surface area contributed by atoms with Crippen LogP contribution in [-0.4, -0.2) is 54.0 Å². The fourth-order valence-corrected chi connectivity index (χ4v) is 1.30. The van der Waals surface area contributed by atoms with Gasteiger partial charge in [-0.3, -0.25) is 15.5 Å². The van der Waals surface area contributed by atoms with E-state index in [1.165, 1.54) is 0 Å². The fraction of sp³-hybridized carbons (Fsp3) is 0.556. The van der Waals surface area contributed by atoms with Gasteiger partial charge in [0.2, 0.25) is 11.8 Å². The van der Waals surface area contributed by atoms with Gasteiger partial charge in [0.05, 0.1) is 4.92 Å². The van der Waals surface area contributed by atoms with Gasteiger partial charge < -0.3 is 9.80 Å². The van der Waals surface area contributed by atoms with Crippen molar-refractivity contribution in [3.63, 3.8) is 0 Å². The van der Waals surface area contributed by atoms with E-state index in [9.17, 15) is 10.1 Å². The Morgan fingerprint density at radius 3 is 2.61 bits per heavy atom. The molecule has 9 nitrogen and oxygen atoms in total. The van der Waals surface area contributed by atoms with Gasteiger partial charge in [-0.05, 0) is 14.1 Å². The molecule has 0 fully saturated rings. The van der Waals surface area contributed by atoms with Crippen LogP contribution in [0, 0.1) is 10.1 Å². The number of nitrogen functional groups attached to an aromatic ring is 1. The second-order valence-corrected chi connectivity index (χ2v) is 4.03. The van der Waals surface area contributed by atoms with E-state index in [0.717, 1.165) is 12.7 Å². The highest BCUT2D eigenvalue weighted by Gasteiger charge is 2.20. The van der Waals surface area contributed by atoms with E-state index < -0.39 is 4.92 Å². The first kappa shape index (κ1) is 14.1. The van der Waals surface area contributed by atoms with Gasteiger partial charge in [-0.25, -0.2) is 10.8 Å². The number of hydrazine groups is 1. The first-order chi connectivity index (χ1) is 8.45. The lowest BCUT2D eigenvalue weighted by molar-refractivity contribution is -0.384. The highest BCUT2D eigenvalue weighted by molar-refractivity contribution is 5.58. The number of nitrogens with two attached hydrogens (primary N) is 1. The van der Waals surface area contributed by atoms with Crippen LogP contribution < -0.4 is 16.2 Å². The average Bonchev–Trinajstić information content (AvgIpc) is 2.34. The monoisotopic (exact) mass is 255 g/mol. The topological polar surface area (TPSA) is 113 Å². The lowest BCUT2D eigenvalue weighted by Crippen LogP contribution is -2.30. The summed E-state index contributed by atoms with van der Waals surface area (Å²) in [6.45, 7) is 1.36. The van der Waals surface area contributed by atoms with Crippen molar-refractivity contribution in [1.82, 2.24) is 14.9 Å². The zero-order valence-electron chi connectivity index (χ0n) is 10.6. The van der Waals surface area contributed by atoms with Gasteiger partial charge in [-0.2, -0.15) is 4.98 Å². The molecule has 1 heterocycles. The first-order valence-electron chi connectivity index (χ1n) is 5.29.